The zero-order chi connectivity index (χ0) is 21.4. The predicted molar refractivity (Wildman–Crippen MR) is 108 cm³/mol. The van der Waals surface area contributed by atoms with Gasteiger partial charge in [-0.15, -0.1) is 0 Å². The van der Waals surface area contributed by atoms with E-state index in [4.69, 9.17) is 4.74 Å². The number of benzene rings is 1. The van der Waals surface area contributed by atoms with E-state index in [0.29, 0.717) is 28.2 Å². The lowest BCUT2D eigenvalue weighted by Crippen LogP contribution is -2.32. The van der Waals surface area contributed by atoms with Gasteiger partial charge in [-0.2, -0.15) is 5.10 Å². The van der Waals surface area contributed by atoms with Crippen LogP contribution in [0.3, 0.4) is 0 Å². The molecule has 0 saturated heterocycles. The van der Waals surface area contributed by atoms with E-state index in [1.165, 1.54) is 6.07 Å². The molecule has 0 radical (unpaired) electrons. The van der Waals surface area contributed by atoms with E-state index in [1.54, 1.807) is 35.9 Å². The van der Waals surface area contributed by atoms with Gasteiger partial charge in [0.2, 0.25) is 0 Å². The Hall–Kier alpha value is -3.85. The summed E-state index contributed by atoms with van der Waals surface area (Å²) >= 11 is 0. The Morgan fingerprint density at radius 1 is 1.26 bits per heavy atom. The zero-order valence-electron chi connectivity index (χ0n) is 16.3. The summed E-state index contributed by atoms with van der Waals surface area (Å²) < 4.78 is 20.8. The first-order chi connectivity index (χ1) is 14.9. The number of rotatable bonds is 1. The van der Waals surface area contributed by atoms with Crippen molar-refractivity contribution in [2.24, 2.45) is 0 Å². The first kappa shape index (κ1) is 18.0. The smallest absolute Gasteiger partial charge is 0.340 e. The van der Waals surface area contributed by atoms with Gasteiger partial charge in [-0.05, 0) is 30.7 Å². The number of halogens is 1. The van der Waals surface area contributed by atoms with Crippen LogP contribution in [0.25, 0.3) is 33.5 Å². The van der Waals surface area contributed by atoms with Crippen LogP contribution in [0, 0.1) is 12.7 Å². The molecule has 0 fully saturated rings. The fraction of sp³-hybridized carbons (Fsp3) is 0.182. The molecule has 1 unspecified atom stereocenters. The number of aliphatic hydroxyl groups is 1. The van der Waals surface area contributed by atoms with Gasteiger partial charge in [-0.25, -0.2) is 14.2 Å². The molecule has 0 aliphatic carbocycles. The van der Waals surface area contributed by atoms with Crippen molar-refractivity contribution in [3.8, 4) is 22.6 Å². The number of aliphatic hydroxyl groups excluding tert-OH is 1. The SMILES string of the molecule is Cc1cc2c(-c3cc[nH]n3)c3c(nc2cc1F)-c1cc2c(c(=O)n1C3)COC(=O)C2O. The minimum atomic E-state index is -1.53. The molecule has 0 amide bonds. The van der Waals surface area contributed by atoms with E-state index in [0.717, 1.165) is 16.5 Å². The Balaban J connectivity index is 1.71. The van der Waals surface area contributed by atoms with Gasteiger partial charge in [0.05, 0.1) is 34.7 Å². The van der Waals surface area contributed by atoms with Crippen molar-refractivity contribution in [1.29, 1.82) is 0 Å². The maximum Gasteiger partial charge on any atom is 0.340 e. The summed E-state index contributed by atoms with van der Waals surface area (Å²) in [6.45, 7) is 1.73. The van der Waals surface area contributed by atoms with Gasteiger partial charge in [0.25, 0.3) is 5.56 Å². The summed E-state index contributed by atoms with van der Waals surface area (Å²) in [4.78, 5) is 29.7. The monoisotopic (exact) mass is 418 g/mol. The number of aromatic nitrogens is 4. The minimum Gasteiger partial charge on any atom is -0.458 e. The predicted octanol–water partition coefficient (Wildman–Crippen LogP) is 2.35. The lowest BCUT2D eigenvalue weighted by Gasteiger charge is -2.21. The van der Waals surface area contributed by atoms with E-state index < -0.39 is 12.1 Å². The molecule has 9 heteroatoms. The third-order valence-electron chi connectivity index (χ3n) is 5.99. The summed E-state index contributed by atoms with van der Waals surface area (Å²) in [5, 5.41) is 18.1. The second-order valence-corrected chi connectivity index (χ2v) is 7.76. The van der Waals surface area contributed by atoms with E-state index in [2.05, 4.69) is 15.2 Å². The molecule has 31 heavy (non-hydrogen) atoms. The molecule has 6 rings (SSSR count). The van der Waals surface area contributed by atoms with Crippen LogP contribution in [0.2, 0.25) is 0 Å². The molecule has 3 aromatic heterocycles. The average Bonchev–Trinajstić information content (AvgIpc) is 3.39. The number of hydrogen-bond donors (Lipinski definition) is 2. The second-order valence-electron chi connectivity index (χ2n) is 7.76. The van der Waals surface area contributed by atoms with Crippen LogP contribution < -0.4 is 5.56 Å². The number of ether oxygens (including phenoxy) is 1. The third kappa shape index (κ3) is 2.37. The largest absolute Gasteiger partial charge is 0.458 e. The number of esters is 1. The van der Waals surface area contributed by atoms with Crippen LogP contribution in [-0.4, -0.2) is 30.8 Å². The Bertz CT molecular complexity index is 1490. The van der Waals surface area contributed by atoms with Crippen LogP contribution in [0.1, 0.15) is 28.4 Å². The number of aryl methyl sites for hydroxylation is 1. The molecular formula is C22H15FN4O4. The molecular weight excluding hydrogens is 403 g/mol. The number of cyclic esters (lactones) is 1. The Morgan fingerprint density at radius 3 is 2.87 bits per heavy atom. The van der Waals surface area contributed by atoms with Crippen molar-refractivity contribution in [2.75, 3.05) is 0 Å². The van der Waals surface area contributed by atoms with Gasteiger partial charge in [-0.3, -0.25) is 9.89 Å². The highest BCUT2D eigenvalue weighted by atomic mass is 19.1. The van der Waals surface area contributed by atoms with Crippen LogP contribution in [0.5, 0.6) is 0 Å². The number of hydrogen-bond acceptors (Lipinski definition) is 6. The van der Waals surface area contributed by atoms with Gasteiger partial charge < -0.3 is 14.4 Å². The third-order valence-corrected chi connectivity index (χ3v) is 5.99. The van der Waals surface area contributed by atoms with Crippen LogP contribution in [-0.2, 0) is 22.7 Å². The number of fused-ring (bicyclic) bond motifs is 5. The molecule has 1 atom stereocenters. The van der Waals surface area contributed by atoms with Crippen molar-refractivity contribution in [3.63, 3.8) is 0 Å². The van der Waals surface area contributed by atoms with Gasteiger partial charge in [0, 0.05) is 34.3 Å². The molecule has 2 N–H and O–H groups in total. The number of carbonyl (C=O) groups is 1. The van der Waals surface area contributed by atoms with Crippen LogP contribution in [0.4, 0.5) is 4.39 Å². The number of nitrogens with one attached hydrogen (secondary N) is 1. The normalized spacial score (nSPS) is 16.7. The van der Waals surface area contributed by atoms with Crippen molar-refractivity contribution in [1.82, 2.24) is 19.7 Å². The second kappa shape index (κ2) is 6.08. The molecule has 1 aromatic carbocycles. The molecule has 154 valence electrons. The van der Waals surface area contributed by atoms with Crippen LogP contribution in [0.15, 0.2) is 35.3 Å². The molecule has 0 bridgehead atoms. The molecule has 4 aromatic rings. The maximum absolute atomic E-state index is 14.4. The van der Waals surface area contributed by atoms with E-state index in [1.807, 2.05) is 0 Å². The molecule has 2 aliphatic heterocycles. The maximum atomic E-state index is 14.4. The molecule has 5 heterocycles. The lowest BCUT2D eigenvalue weighted by molar-refractivity contribution is -0.157. The van der Waals surface area contributed by atoms with Crippen LogP contribution >= 0.6 is 0 Å². The molecule has 0 saturated carbocycles. The summed E-state index contributed by atoms with van der Waals surface area (Å²) in [6, 6.07) is 6.51. The molecule has 0 spiro atoms. The highest BCUT2D eigenvalue weighted by Crippen LogP contribution is 2.41. The quantitative estimate of drug-likeness (QED) is 0.405. The van der Waals surface area contributed by atoms with Gasteiger partial charge in [0.15, 0.2) is 6.10 Å². The summed E-state index contributed by atoms with van der Waals surface area (Å²) in [5.41, 5.74) is 4.17. The summed E-state index contributed by atoms with van der Waals surface area (Å²) in [5.74, 6) is -1.18. The van der Waals surface area contributed by atoms with Crippen molar-refractivity contribution in [2.45, 2.75) is 26.2 Å². The fourth-order valence-corrected chi connectivity index (χ4v) is 4.45. The summed E-state index contributed by atoms with van der Waals surface area (Å²) in [6.07, 6.45) is 0.161. The standard InChI is InChI=1S/C22H15FN4O4/c1-9-4-11-16(6-14(9)23)25-19-12(18(11)15-2-3-24-26-15)7-27-17(19)5-10-13(21(27)29)8-31-22(30)20(10)28/h2-6,20,28H,7-8H2,1H3,(H,24,26). The first-order valence-electron chi connectivity index (χ1n) is 9.68. The van der Waals surface area contributed by atoms with E-state index >= 15 is 0 Å². The number of pyridine rings is 2. The number of nitrogens with zero attached hydrogens (tertiary/aromatic N) is 3. The topological polar surface area (TPSA) is 110 Å². The van der Waals surface area contributed by atoms with Crippen molar-refractivity contribution in [3.05, 3.63) is 68.9 Å². The highest BCUT2D eigenvalue weighted by Gasteiger charge is 2.35. The minimum absolute atomic E-state index is 0.188. The Kier molecular flexibility index (Phi) is 3.52. The molecule has 2 aliphatic rings. The zero-order valence-corrected chi connectivity index (χ0v) is 16.3. The Morgan fingerprint density at radius 2 is 2.10 bits per heavy atom. The highest BCUT2D eigenvalue weighted by molar-refractivity contribution is 5.99. The lowest BCUT2D eigenvalue weighted by atomic mass is 9.96. The number of carbonyl (C=O) groups excluding carboxylic acids is 1. The number of aromatic amines is 1. The average molecular weight is 418 g/mol. The van der Waals surface area contributed by atoms with E-state index in [-0.39, 0.29) is 35.7 Å². The number of H-pyrrole nitrogens is 1. The fourth-order valence-electron chi connectivity index (χ4n) is 4.45. The first-order valence-corrected chi connectivity index (χ1v) is 9.68. The van der Waals surface area contributed by atoms with Crippen molar-refractivity contribution < 1.29 is 19.0 Å². The Labute approximate surface area is 173 Å². The van der Waals surface area contributed by atoms with Gasteiger partial charge in [0.1, 0.15) is 12.4 Å². The van der Waals surface area contributed by atoms with E-state index in [9.17, 15) is 19.1 Å². The van der Waals surface area contributed by atoms with Gasteiger partial charge in [-0.1, -0.05) is 0 Å². The van der Waals surface area contributed by atoms with Gasteiger partial charge >= 0.3 is 5.97 Å². The molecule has 8 nitrogen and oxygen atoms in total. The summed E-state index contributed by atoms with van der Waals surface area (Å²) in [7, 11) is 0. The van der Waals surface area contributed by atoms with Crippen molar-refractivity contribution >= 4 is 16.9 Å².